The van der Waals surface area contributed by atoms with E-state index in [0.717, 1.165) is 0 Å². The van der Waals surface area contributed by atoms with Crippen molar-refractivity contribution in [1.29, 1.82) is 0 Å². The second-order valence-corrected chi connectivity index (χ2v) is 3.30. The van der Waals surface area contributed by atoms with Gasteiger partial charge in [-0.2, -0.15) is 0 Å². The molecule has 0 radical (unpaired) electrons. The van der Waals surface area contributed by atoms with Crippen molar-refractivity contribution in [2.45, 2.75) is 26.3 Å². The highest BCUT2D eigenvalue weighted by Crippen LogP contribution is 2.32. The first-order valence-corrected chi connectivity index (χ1v) is 4.69. The Kier molecular flexibility index (Phi) is 1.43. The number of hydrogen-bond donors (Lipinski definition) is 1. The van der Waals surface area contributed by atoms with E-state index in [4.69, 9.17) is 19.1 Å². The Balaban J connectivity index is 2.37. The molecule has 1 aromatic carbocycles. The molecule has 0 spiro atoms. The zero-order chi connectivity index (χ0) is 16.9. The molecule has 2 rings (SSSR count). The van der Waals surface area contributed by atoms with Crippen molar-refractivity contribution in [3.05, 3.63) is 23.7 Å². The van der Waals surface area contributed by atoms with Gasteiger partial charge < -0.3 is 14.8 Å². The van der Waals surface area contributed by atoms with Crippen LogP contribution in [0, 0.1) is 0 Å². The molecule has 3 nitrogen and oxygen atoms in total. The fourth-order valence-electron chi connectivity index (χ4n) is 1.37. The minimum Gasteiger partial charge on any atom is -0.454 e. The molecule has 0 aromatic heterocycles. The van der Waals surface area contributed by atoms with Crippen molar-refractivity contribution in [3.8, 4) is 11.5 Å². The summed E-state index contributed by atoms with van der Waals surface area (Å²) in [4.78, 5) is 0. The van der Waals surface area contributed by atoms with Crippen LogP contribution in [0.1, 0.15) is 29.0 Å². The molecule has 0 bridgehead atoms. The summed E-state index contributed by atoms with van der Waals surface area (Å²) in [6, 6.07) is -1.17. The van der Waals surface area contributed by atoms with Crippen molar-refractivity contribution in [1.82, 2.24) is 5.32 Å². The highest BCUT2D eigenvalue weighted by molar-refractivity contribution is 5.44. The third-order valence-corrected chi connectivity index (χ3v) is 1.99. The van der Waals surface area contributed by atoms with Gasteiger partial charge in [-0.25, -0.2) is 0 Å². The van der Waals surface area contributed by atoms with Crippen LogP contribution in [0.5, 0.6) is 11.5 Å². The topological polar surface area (TPSA) is 30.5 Å². The zero-order valence-corrected chi connectivity index (χ0v) is 8.60. The van der Waals surface area contributed by atoms with Crippen LogP contribution in [-0.2, 0) is 6.42 Å². The van der Waals surface area contributed by atoms with Crippen molar-refractivity contribution in [2.24, 2.45) is 0 Å². The first-order chi connectivity index (χ1) is 9.91. The van der Waals surface area contributed by atoms with Crippen molar-refractivity contribution >= 4 is 0 Å². The lowest BCUT2D eigenvalue weighted by Gasteiger charge is -2.12. The molecule has 3 heteroatoms. The zero-order valence-electron chi connectivity index (χ0n) is 15.6. The Morgan fingerprint density at radius 1 is 1.60 bits per heavy atom. The van der Waals surface area contributed by atoms with Crippen LogP contribution in [0.25, 0.3) is 0 Å². The normalized spacial score (nSPS) is 26.4. The molecule has 1 aliphatic rings. The number of benzene rings is 1. The predicted octanol–water partition coefficient (Wildman–Crippen LogP) is 1.96. The van der Waals surface area contributed by atoms with Gasteiger partial charge in [0.2, 0.25) is 6.75 Å². The van der Waals surface area contributed by atoms with Gasteiger partial charge in [0, 0.05) is 8.78 Å². The molecule has 0 amide bonds. The van der Waals surface area contributed by atoms with E-state index in [1.165, 1.54) is 6.92 Å². The summed E-state index contributed by atoms with van der Waals surface area (Å²) in [6.07, 6.45) is 0.135. The smallest absolute Gasteiger partial charge is 0.231 e. The Bertz CT molecular complexity index is 600. The van der Waals surface area contributed by atoms with Gasteiger partial charge in [0.05, 0.1) is 4.11 Å². The molecule has 0 aliphatic carbocycles. The summed E-state index contributed by atoms with van der Waals surface area (Å²) in [7, 11) is 0. The third-order valence-electron chi connectivity index (χ3n) is 1.99. The van der Waals surface area contributed by atoms with Gasteiger partial charge >= 0.3 is 0 Å². The Labute approximate surface area is 100 Å². The van der Waals surface area contributed by atoms with Gasteiger partial charge in [0.25, 0.3) is 0 Å². The second kappa shape index (κ2) is 4.53. The minimum absolute atomic E-state index is 0.135. The van der Waals surface area contributed by atoms with E-state index >= 15 is 0 Å². The van der Waals surface area contributed by atoms with Gasteiger partial charge in [0.15, 0.2) is 11.5 Å². The maximum atomic E-state index is 8.07. The summed E-state index contributed by atoms with van der Waals surface area (Å²) in [5, 5.41) is 2.68. The molecule has 1 heterocycles. The van der Waals surface area contributed by atoms with E-state index in [0.29, 0.717) is 0 Å². The lowest BCUT2D eigenvalue weighted by atomic mass is 10.1. The quantitative estimate of drug-likeness (QED) is 0.831. The average Bonchev–Trinajstić information content (AvgIpc) is 2.66. The molecule has 0 saturated carbocycles. The molecule has 15 heavy (non-hydrogen) atoms. The van der Waals surface area contributed by atoms with Gasteiger partial charge in [-0.1, -0.05) is 13.0 Å². The number of likely N-dealkylation sites (N-methyl/N-ethyl adjacent to an activating group) is 1. The largest absolute Gasteiger partial charge is 0.454 e. The van der Waals surface area contributed by atoms with E-state index in [1.54, 1.807) is 6.92 Å². The van der Waals surface area contributed by atoms with Gasteiger partial charge in [-0.3, -0.25) is 0 Å². The molecule has 1 N–H and O–H groups in total. The maximum Gasteiger partial charge on any atom is 0.231 e. The maximum absolute atomic E-state index is 8.07. The predicted molar refractivity (Wildman–Crippen MR) is 59.4 cm³/mol. The van der Waals surface area contributed by atoms with Gasteiger partial charge in [-0.15, -0.1) is 0 Å². The highest BCUT2D eigenvalue weighted by atomic mass is 16.7. The van der Waals surface area contributed by atoms with Crippen LogP contribution in [-0.4, -0.2) is 19.3 Å². The van der Waals surface area contributed by atoms with Crippen LogP contribution in [0.2, 0.25) is 0 Å². The number of rotatable bonds is 4. The van der Waals surface area contributed by atoms with Crippen molar-refractivity contribution in [2.75, 3.05) is 13.2 Å². The van der Waals surface area contributed by atoms with Crippen LogP contribution in [0.4, 0.5) is 0 Å². The lowest BCUT2D eigenvalue weighted by molar-refractivity contribution is 0.174. The number of fused-ring (bicyclic) bond motifs is 1. The lowest BCUT2D eigenvalue weighted by Crippen LogP contribution is -2.27. The number of hydrogen-bond acceptors (Lipinski definition) is 3. The molecule has 1 aliphatic heterocycles. The fraction of sp³-hybridized carbons (Fsp3) is 0.500. The van der Waals surface area contributed by atoms with E-state index in [1.807, 2.05) is 0 Å². The van der Waals surface area contributed by atoms with E-state index in [2.05, 4.69) is 5.32 Å². The average molecular weight is 214 g/mol. The first-order valence-electron chi connectivity index (χ1n) is 8.19. The highest BCUT2D eigenvalue weighted by Gasteiger charge is 2.13. The van der Waals surface area contributed by atoms with Crippen LogP contribution in [0.3, 0.4) is 0 Å². The van der Waals surface area contributed by atoms with Crippen LogP contribution >= 0.6 is 0 Å². The molecule has 82 valence electrons. The Hall–Kier alpha value is -1.22. The molecule has 0 unspecified atom stereocenters. The Morgan fingerprint density at radius 3 is 3.20 bits per heavy atom. The minimum atomic E-state index is -2.45. The molecule has 0 saturated heterocycles. The summed E-state index contributed by atoms with van der Waals surface area (Å²) in [5.41, 5.74) is 0.189. The number of nitrogens with one attached hydrogen (secondary N) is 1. The number of ether oxygens (including phenoxy) is 2. The molecule has 1 aromatic rings. The van der Waals surface area contributed by atoms with E-state index in [9.17, 15) is 0 Å². The summed E-state index contributed by atoms with van der Waals surface area (Å²) >= 11 is 0. The standard InChI is InChI=1S/C12H17NO2/c1-3-13-9(2)6-10-4-5-11-12(7-10)15-8-14-11/h4-5,7,9,13H,3,6,8H2,1-2H3/t9-/m0/s1/i3D2,4D,5D,7D,8D2. The molecular formula is C12H17NO2. The first kappa shape index (κ1) is 4.74. The summed E-state index contributed by atoms with van der Waals surface area (Å²) < 4.78 is 63.4. The van der Waals surface area contributed by atoms with Gasteiger partial charge in [-0.05, 0) is 37.5 Å². The van der Waals surface area contributed by atoms with Crippen LogP contribution in [0.15, 0.2) is 18.1 Å². The molecule has 0 fully saturated rings. The second-order valence-electron chi connectivity index (χ2n) is 3.30. The SMILES string of the molecule is [2H]c1c([2H])c2c(c([2H])c1C[C@H](C)NC([2H])([2H])C)OC([2H])([2H])O2. The summed E-state index contributed by atoms with van der Waals surface area (Å²) in [6.45, 7) is -1.00. The Morgan fingerprint density at radius 2 is 2.40 bits per heavy atom. The monoisotopic (exact) mass is 214 g/mol. The van der Waals surface area contributed by atoms with E-state index < -0.39 is 13.2 Å². The molecular weight excluding hydrogens is 190 g/mol. The summed E-state index contributed by atoms with van der Waals surface area (Å²) in [5.74, 6) is -0.428. The fourth-order valence-corrected chi connectivity index (χ4v) is 1.37. The third kappa shape index (κ3) is 2.42. The van der Waals surface area contributed by atoms with Crippen molar-refractivity contribution < 1.29 is 19.1 Å². The van der Waals surface area contributed by atoms with Gasteiger partial charge in [0.1, 0.15) is 2.74 Å². The van der Waals surface area contributed by atoms with Crippen LogP contribution < -0.4 is 14.8 Å². The van der Waals surface area contributed by atoms with E-state index in [-0.39, 0.29) is 47.7 Å². The molecule has 1 atom stereocenters. The van der Waals surface area contributed by atoms with Crippen molar-refractivity contribution in [3.63, 3.8) is 0 Å².